The van der Waals surface area contributed by atoms with E-state index in [-0.39, 0.29) is 5.92 Å². The number of aromatic nitrogens is 4. The van der Waals surface area contributed by atoms with Crippen molar-refractivity contribution in [2.45, 2.75) is 5.92 Å². The van der Waals surface area contributed by atoms with Crippen molar-refractivity contribution in [3.8, 4) is 62.1 Å². The van der Waals surface area contributed by atoms with Crippen molar-refractivity contribution in [1.82, 2.24) is 19.5 Å². The van der Waals surface area contributed by atoms with Crippen LogP contribution in [0, 0.1) is 0 Å². The Labute approximate surface area is 363 Å². The minimum atomic E-state index is 0.0547. The van der Waals surface area contributed by atoms with E-state index < -0.39 is 0 Å². The molecule has 3 aromatic heterocycles. The zero-order valence-corrected chi connectivity index (χ0v) is 34.0. The summed E-state index contributed by atoms with van der Waals surface area (Å²) in [5, 5.41) is 4.51. The minimum Gasteiger partial charge on any atom is -0.456 e. The van der Waals surface area contributed by atoms with Crippen LogP contribution in [0.15, 0.2) is 217 Å². The van der Waals surface area contributed by atoms with Crippen LogP contribution in [0.25, 0.3) is 106 Å². The molecule has 0 amide bonds. The van der Waals surface area contributed by atoms with Crippen LogP contribution >= 0.6 is 0 Å². The van der Waals surface area contributed by atoms with E-state index in [0.717, 1.165) is 44.3 Å². The highest BCUT2D eigenvalue weighted by Gasteiger charge is 2.31. The third kappa shape index (κ3) is 5.67. The first-order valence-corrected chi connectivity index (χ1v) is 21.4. The van der Waals surface area contributed by atoms with Gasteiger partial charge in [0.2, 0.25) is 0 Å². The first-order valence-electron chi connectivity index (χ1n) is 21.4. The summed E-state index contributed by atoms with van der Waals surface area (Å²) in [5.41, 5.74) is 16.7. The van der Waals surface area contributed by atoms with Crippen LogP contribution in [-0.2, 0) is 0 Å². The maximum Gasteiger partial charge on any atom is 0.164 e. The molecule has 12 aromatic rings. The number of fused-ring (bicyclic) bond motifs is 9. The highest BCUT2D eigenvalue weighted by atomic mass is 16.3. The van der Waals surface area contributed by atoms with Gasteiger partial charge < -0.3 is 8.98 Å². The summed E-state index contributed by atoms with van der Waals surface area (Å²) in [6, 6.07) is 75.2. The lowest BCUT2D eigenvalue weighted by Gasteiger charge is -2.15. The molecule has 9 aromatic carbocycles. The van der Waals surface area contributed by atoms with Gasteiger partial charge in [0.25, 0.3) is 0 Å². The Kier molecular flexibility index (Phi) is 7.90. The lowest BCUT2D eigenvalue weighted by molar-refractivity contribution is 0.668. The van der Waals surface area contributed by atoms with Crippen molar-refractivity contribution in [3.63, 3.8) is 0 Å². The second-order valence-corrected chi connectivity index (χ2v) is 16.3. The summed E-state index contributed by atoms with van der Waals surface area (Å²) < 4.78 is 9.09. The van der Waals surface area contributed by atoms with Crippen molar-refractivity contribution in [2.75, 3.05) is 0 Å². The molecule has 13 rings (SSSR count). The smallest absolute Gasteiger partial charge is 0.164 e. The van der Waals surface area contributed by atoms with Gasteiger partial charge in [-0.2, -0.15) is 0 Å². The molecule has 1 aliphatic rings. The minimum absolute atomic E-state index is 0.0547. The summed E-state index contributed by atoms with van der Waals surface area (Å²) in [7, 11) is 0. The third-order valence-corrected chi connectivity index (χ3v) is 12.7. The van der Waals surface area contributed by atoms with Gasteiger partial charge in [-0.25, -0.2) is 15.0 Å². The molecule has 1 aliphatic carbocycles. The first-order chi connectivity index (χ1) is 31.2. The van der Waals surface area contributed by atoms with Crippen LogP contribution in [0.3, 0.4) is 0 Å². The van der Waals surface area contributed by atoms with E-state index in [1.54, 1.807) is 0 Å². The maximum atomic E-state index is 6.72. The van der Waals surface area contributed by atoms with Crippen LogP contribution in [0.2, 0.25) is 0 Å². The number of rotatable bonds is 6. The number of hydrogen-bond acceptors (Lipinski definition) is 4. The normalized spacial score (nSPS) is 13.2. The second kappa shape index (κ2) is 14.1. The predicted octanol–water partition coefficient (Wildman–Crippen LogP) is 14.7. The molecule has 1 atom stereocenters. The molecule has 5 heteroatoms. The standard InChI is InChI=1S/C58H36N4O/c1-4-15-36(16-5-1)56-59-57(37-17-6-2-7-18-37)61-58(60-56)47-24-14-26-52-55(47)46-31-28-40(35-53(46)63-52)54-44-23-11-10-21-42(44)48-33-38(27-30-45(48)54)39-29-32-51-49(34-39)43-22-12-13-25-50(43)62(51)41-19-8-3-9-20-41/h1-35,54H/t54-/m1/s1. The molecule has 0 unspecified atom stereocenters. The van der Waals surface area contributed by atoms with Gasteiger partial charge in [0.15, 0.2) is 17.5 Å². The van der Waals surface area contributed by atoms with Gasteiger partial charge in [-0.1, -0.05) is 164 Å². The number of benzene rings is 9. The Morgan fingerprint density at radius 1 is 0.365 bits per heavy atom. The summed E-state index contributed by atoms with van der Waals surface area (Å²) in [6.45, 7) is 0. The van der Waals surface area contributed by atoms with Crippen molar-refractivity contribution >= 4 is 43.7 Å². The number of furan rings is 1. The van der Waals surface area contributed by atoms with Crippen molar-refractivity contribution in [2.24, 2.45) is 0 Å². The molecule has 0 saturated carbocycles. The Bertz CT molecular complexity index is 3680. The quantitative estimate of drug-likeness (QED) is 0.168. The van der Waals surface area contributed by atoms with Crippen LogP contribution in [0.4, 0.5) is 0 Å². The molecule has 3 heterocycles. The highest BCUT2D eigenvalue weighted by molar-refractivity contribution is 6.12. The molecule has 294 valence electrons. The van der Waals surface area contributed by atoms with Crippen LogP contribution in [0.5, 0.6) is 0 Å². The molecule has 0 N–H and O–H groups in total. The molecule has 0 bridgehead atoms. The van der Waals surface area contributed by atoms with Gasteiger partial charge >= 0.3 is 0 Å². The molecule has 0 radical (unpaired) electrons. The Balaban J connectivity index is 0.914. The zero-order chi connectivity index (χ0) is 41.4. The van der Waals surface area contributed by atoms with Gasteiger partial charge in [0, 0.05) is 49.8 Å². The molecular weight excluding hydrogens is 769 g/mol. The summed E-state index contributed by atoms with van der Waals surface area (Å²) in [6.07, 6.45) is 0. The van der Waals surface area contributed by atoms with Crippen LogP contribution in [0.1, 0.15) is 22.6 Å². The maximum absolute atomic E-state index is 6.72. The third-order valence-electron chi connectivity index (χ3n) is 12.7. The summed E-state index contributed by atoms with van der Waals surface area (Å²) in [4.78, 5) is 15.1. The molecule has 0 spiro atoms. The van der Waals surface area contributed by atoms with E-state index in [9.17, 15) is 0 Å². The average molecular weight is 805 g/mol. The van der Waals surface area contributed by atoms with E-state index in [1.165, 1.54) is 60.8 Å². The van der Waals surface area contributed by atoms with E-state index in [4.69, 9.17) is 19.4 Å². The number of nitrogens with zero attached hydrogens (tertiary/aromatic N) is 4. The molecule has 63 heavy (non-hydrogen) atoms. The SMILES string of the molecule is c1ccc(-c2nc(-c3ccccc3)nc(-c3cccc4oc5cc([C@@H]6c7ccccc7-c7cc(-c8ccc9c(c8)c8ccccc8n9-c8ccccc8)ccc76)ccc5c34)n2)cc1. The van der Waals surface area contributed by atoms with Gasteiger partial charge in [-0.3, -0.25) is 0 Å². The highest BCUT2D eigenvalue weighted by Crippen LogP contribution is 2.50. The fourth-order valence-electron chi connectivity index (χ4n) is 9.89. The Hall–Kier alpha value is -8.41. The monoisotopic (exact) mass is 804 g/mol. The Morgan fingerprint density at radius 3 is 1.78 bits per heavy atom. The summed E-state index contributed by atoms with van der Waals surface area (Å²) in [5.74, 6) is 1.92. The summed E-state index contributed by atoms with van der Waals surface area (Å²) >= 11 is 0. The molecular formula is C58H36N4O. The molecule has 5 nitrogen and oxygen atoms in total. The largest absolute Gasteiger partial charge is 0.456 e. The van der Waals surface area contributed by atoms with E-state index in [0.29, 0.717) is 17.5 Å². The van der Waals surface area contributed by atoms with E-state index >= 15 is 0 Å². The predicted molar refractivity (Wildman–Crippen MR) is 256 cm³/mol. The van der Waals surface area contributed by atoms with Crippen molar-refractivity contribution in [3.05, 3.63) is 229 Å². The fourth-order valence-corrected chi connectivity index (χ4v) is 9.89. The molecule has 0 fully saturated rings. The van der Waals surface area contributed by atoms with Crippen molar-refractivity contribution < 1.29 is 4.42 Å². The van der Waals surface area contributed by atoms with Gasteiger partial charge in [-0.05, 0) is 87.5 Å². The molecule has 0 saturated heterocycles. The van der Waals surface area contributed by atoms with Crippen LogP contribution in [-0.4, -0.2) is 19.5 Å². The van der Waals surface area contributed by atoms with Gasteiger partial charge in [-0.15, -0.1) is 0 Å². The topological polar surface area (TPSA) is 56.7 Å². The zero-order valence-electron chi connectivity index (χ0n) is 34.0. The van der Waals surface area contributed by atoms with Crippen molar-refractivity contribution in [1.29, 1.82) is 0 Å². The van der Waals surface area contributed by atoms with Gasteiger partial charge in [0.05, 0.1) is 11.0 Å². The van der Waals surface area contributed by atoms with Gasteiger partial charge in [0.1, 0.15) is 11.2 Å². The van der Waals surface area contributed by atoms with Crippen LogP contribution < -0.4 is 0 Å². The lowest BCUT2D eigenvalue weighted by atomic mass is 9.88. The van der Waals surface area contributed by atoms with E-state index in [1.807, 2.05) is 72.8 Å². The average Bonchev–Trinajstić information content (AvgIpc) is 4.01. The van der Waals surface area contributed by atoms with E-state index in [2.05, 4.69) is 144 Å². The lowest BCUT2D eigenvalue weighted by Crippen LogP contribution is -2.00. The molecule has 0 aliphatic heterocycles. The first kappa shape index (κ1) is 35.4. The number of para-hydroxylation sites is 2. The second-order valence-electron chi connectivity index (χ2n) is 16.3. The Morgan fingerprint density at radius 2 is 0.984 bits per heavy atom. The fraction of sp³-hybridized carbons (Fsp3) is 0.0172. The number of hydrogen-bond donors (Lipinski definition) is 0.